The quantitative estimate of drug-likeness (QED) is 0.495. The lowest BCUT2D eigenvalue weighted by molar-refractivity contribution is -0.308. The second-order valence-electron chi connectivity index (χ2n) is 9.68. The van der Waals surface area contributed by atoms with Gasteiger partial charge in [-0.05, 0) is 48.9 Å². The number of nitrogens with zero attached hydrogens (tertiary/aromatic N) is 3. The summed E-state index contributed by atoms with van der Waals surface area (Å²) in [6, 6.07) is 5.94. The van der Waals surface area contributed by atoms with Crippen molar-refractivity contribution in [2.75, 3.05) is 57.4 Å². The first-order valence-electron chi connectivity index (χ1n) is 11.8. The van der Waals surface area contributed by atoms with E-state index in [-0.39, 0.29) is 18.5 Å². The molecule has 0 radical (unpaired) electrons. The standard InChI is InChI=1S/C23H28ClF6N3O3/c24-17-2-1-16(13-18(17)32-9-11-35-12-10-32)14-31-6-3-21(15-31)4-7-33(8-5-21)20(34)36-19(22(25,26)27)23(28,29)30/h1-2,13,19H,3-12,14-15H2. The highest BCUT2D eigenvalue weighted by atomic mass is 35.5. The lowest BCUT2D eigenvalue weighted by Crippen LogP contribution is -2.50. The Balaban J connectivity index is 1.31. The number of hydrogen-bond donors (Lipinski definition) is 0. The normalized spacial score (nSPS) is 21.4. The van der Waals surface area contributed by atoms with Crippen molar-refractivity contribution in [2.45, 2.75) is 44.3 Å². The molecule has 1 amide bonds. The third-order valence-electron chi connectivity index (χ3n) is 7.18. The number of hydrogen-bond acceptors (Lipinski definition) is 5. The van der Waals surface area contributed by atoms with Crippen LogP contribution in [0.4, 0.5) is 36.8 Å². The molecule has 0 bridgehead atoms. The van der Waals surface area contributed by atoms with Gasteiger partial charge in [0.2, 0.25) is 0 Å². The van der Waals surface area contributed by atoms with Crippen LogP contribution in [0, 0.1) is 5.41 Å². The maximum Gasteiger partial charge on any atom is 0.434 e. The SMILES string of the molecule is O=C(OC(C(F)(F)F)C(F)(F)F)N1CCC2(CCN(Cc3ccc(Cl)c(N4CCOCC4)c3)C2)CC1. The number of carbonyl (C=O) groups excluding carboxylic acids is 1. The fraction of sp³-hybridized carbons (Fsp3) is 0.696. The van der Waals surface area contributed by atoms with Crippen LogP contribution in [0.5, 0.6) is 0 Å². The predicted molar refractivity (Wildman–Crippen MR) is 120 cm³/mol. The van der Waals surface area contributed by atoms with Crippen molar-refractivity contribution in [3.63, 3.8) is 0 Å². The molecular weight excluding hydrogens is 516 g/mol. The molecule has 0 atom stereocenters. The maximum atomic E-state index is 12.7. The van der Waals surface area contributed by atoms with Crippen molar-refractivity contribution in [3.8, 4) is 0 Å². The molecule has 0 N–H and O–H groups in total. The number of likely N-dealkylation sites (tertiary alicyclic amines) is 2. The van der Waals surface area contributed by atoms with Crippen LogP contribution in [-0.2, 0) is 16.0 Å². The summed E-state index contributed by atoms with van der Waals surface area (Å²) in [6.45, 7) is 5.17. The fourth-order valence-corrected chi connectivity index (χ4v) is 5.43. The minimum atomic E-state index is -5.72. The molecule has 1 aromatic carbocycles. The van der Waals surface area contributed by atoms with Crippen molar-refractivity contribution in [1.82, 2.24) is 9.80 Å². The van der Waals surface area contributed by atoms with Gasteiger partial charge >= 0.3 is 18.4 Å². The van der Waals surface area contributed by atoms with Gasteiger partial charge in [0.25, 0.3) is 6.10 Å². The molecule has 3 saturated heterocycles. The summed E-state index contributed by atoms with van der Waals surface area (Å²) < 4.78 is 85.6. The van der Waals surface area contributed by atoms with Gasteiger partial charge in [0.1, 0.15) is 0 Å². The Kier molecular flexibility index (Phi) is 7.87. The number of amides is 1. The molecular formula is C23H28ClF6N3O3. The van der Waals surface area contributed by atoms with Crippen molar-refractivity contribution >= 4 is 23.4 Å². The van der Waals surface area contributed by atoms with Gasteiger partial charge in [-0.3, -0.25) is 4.90 Å². The zero-order chi connectivity index (χ0) is 26.1. The summed E-state index contributed by atoms with van der Waals surface area (Å²) in [5.41, 5.74) is 1.93. The lowest BCUT2D eigenvalue weighted by Gasteiger charge is -2.39. The van der Waals surface area contributed by atoms with Crippen LogP contribution in [0.1, 0.15) is 24.8 Å². The number of morpholine rings is 1. The molecule has 1 aromatic rings. The molecule has 3 aliphatic rings. The predicted octanol–water partition coefficient (Wildman–Crippen LogP) is 5.09. The summed E-state index contributed by atoms with van der Waals surface area (Å²) in [7, 11) is 0. The highest BCUT2D eigenvalue weighted by Crippen LogP contribution is 2.42. The van der Waals surface area contributed by atoms with Gasteiger partial charge < -0.3 is 19.3 Å². The van der Waals surface area contributed by atoms with Gasteiger partial charge in [-0.1, -0.05) is 17.7 Å². The number of ether oxygens (including phenoxy) is 2. The molecule has 0 saturated carbocycles. The Morgan fingerprint density at radius 1 is 1.00 bits per heavy atom. The van der Waals surface area contributed by atoms with Gasteiger partial charge in [-0.25, -0.2) is 4.79 Å². The van der Waals surface area contributed by atoms with E-state index < -0.39 is 24.5 Å². The van der Waals surface area contributed by atoms with E-state index in [1.807, 2.05) is 12.1 Å². The molecule has 4 rings (SSSR count). The van der Waals surface area contributed by atoms with E-state index in [1.165, 1.54) is 0 Å². The second-order valence-corrected chi connectivity index (χ2v) is 10.1. The number of carbonyl (C=O) groups is 1. The summed E-state index contributed by atoms with van der Waals surface area (Å²) in [6.07, 6.45) is -15.3. The van der Waals surface area contributed by atoms with E-state index in [9.17, 15) is 31.1 Å². The Labute approximate surface area is 210 Å². The smallest absolute Gasteiger partial charge is 0.426 e. The van der Waals surface area contributed by atoms with E-state index in [0.29, 0.717) is 37.6 Å². The number of rotatable bonds is 4. The number of alkyl halides is 6. The highest BCUT2D eigenvalue weighted by molar-refractivity contribution is 6.33. The topological polar surface area (TPSA) is 45.2 Å². The summed E-state index contributed by atoms with van der Waals surface area (Å²) >= 11 is 6.42. The zero-order valence-electron chi connectivity index (χ0n) is 19.5. The third kappa shape index (κ3) is 6.31. The lowest BCUT2D eigenvalue weighted by atomic mass is 9.78. The van der Waals surface area contributed by atoms with Crippen LogP contribution in [0.2, 0.25) is 5.02 Å². The Morgan fingerprint density at radius 2 is 1.61 bits per heavy atom. The Hall–Kier alpha value is -1.92. The van der Waals surface area contributed by atoms with E-state index in [2.05, 4.69) is 20.6 Å². The first kappa shape index (κ1) is 27.1. The van der Waals surface area contributed by atoms with E-state index in [1.54, 1.807) is 0 Å². The summed E-state index contributed by atoms with van der Waals surface area (Å²) in [4.78, 5) is 17.5. The first-order valence-corrected chi connectivity index (χ1v) is 12.2. The number of benzene rings is 1. The monoisotopic (exact) mass is 543 g/mol. The van der Waals surface area contributed by atoms with Crippen molar-refractivity contribution in [2.24, 2.45) is 5.41 Å². The molecule has 0 aromatic heterocycles. The molecule has 36 heavy (non-hydrogen) atoms. The largest absolute Gasteiger partial charge is 0.434 e. The van der Waals surface area contributed by atoms with Gasteiger partial charge in [0.05, 0.1) is 23.9 Å². The van der Waals surface area contributed by atoms with Crippen LogP contribution >= 0.6 is 11.6 Å². The molecule has 202 valence electrons. The van der Waals surface area contributed by atoms with E-state index in [4.69, 9.17) is 16.3 Å². The molecule has 6 nitrogen and oxygen atoms in total. The average molecular weight is 544 g/mol. The molecule has 0 unspecified atom stereocenters. The summed E-state index contributed by atoms with van der Waals surface area (Å²) in [5, 5.41) is 0.677. The zero-order valence-corrected chi connectivity index (χ0v) is 20.3. The van der Waals surface area contributed by atoms with E-state index >= 15 is 0 Å². The van der Waals surface area contributed by atoms with Crippen LogP contribution < -0.4 is 4.90 Å². The minimum absolute atomic E-state index is 0.0528. The minimum Gasteiger partial charge on any atom is -0.426 e. The average Bonchev–Trinajstić information content (AvgIpc) is 3.19. The van der Waals surface area contributed by atoms with Crippen molar-refractivity contribution in [1.29, 1.82) is 0 Å². The van der Waals surface area contributed by atoms with E-state index in [0.717, 1.165) is 48.8 Å². The van der Waals surface area contributed by atoms with Crippen LogP contribution in [0.25, 0.3) is 0 Å². The number of piperidine rings is 1. The van der Waals surface area contributed by atoms with Gasteiger partial charge in [-0.15, -0.1) is 0 Å². The van der Waals surface area contributed by atoms with Gasteiger partial charge in [0.15, 0.2) is 0 Å². The molecule has 0 aliphatic carbocycles. The second kappa shape index (κ2) is 10.4. The number of anilines is 1. The fourth-order valence-electron chi connectivity index (χ4n) is 5.19. The number of halogens is 7. The molecule has 13 heteroatoms. The van der Waals surface area contributed by atoms with Crippen LogP contribution in [0.15, 0.2) is 18.2 Å². The first-order chi connectivity index (χ1) is 16.9. The molecule has 3 fully saturated rings. The van der Waals surface area contributed by atoms with Crippen molar-refractivity contribution in [3.05, 3.63) is 28.8 Å². The maximum absolute atomic E-state index is 12.7. The Bertz CT molecular complexity index is 917. The highest BCUT2D eigenvalue weighted by Gasteiger charge is 2.60. The third-order valence-corrected chi connectivity index (χ3v) is 7.50. The summed E-state index contributed by atoms with van der Waals surface area (Å²) in [5.74, 6) is 0. The Morgan fingerprint density at radius 3 is 2.22 bits per heavy atom. The van der Waals surface area contributed by atoms with Gasteiger partial charge in [-0.2, -0.15) is 26.3 Å². The molecule has 3 heterocycles. The van der Waals surface area contributed by atoms with Crippen LogP contribution in [-0.4, -0.2) is 86.8 Å². The molecule has 3 aliphatic heterocycles. The van der Waals surface area contributed by atoms with Gasteiger partial charge in [0, 0.05) is 39.3 Å². The van der Waals surface area contributed by atoms with Crippen LogP contribution in [0.3, 0.4) is 0 Å². The molecule has 1 spiro atoms. The van der Waals surface area contributed by atoms with Crippen molar-refractivity contribution < 1.29 is 40.6 Å².